The third kappa shape index (κ3) is 4.51. The number of carbonyl (C=O) groups excluding carboxylic acids is 1. The quantitative estimate of drug-likeness (QED) is 0.797. The van der Waals surface area contributed by atoms with Crippen LogP contribution in [0.2, 0.25) is 0 Å². The fourth-order valence-electron chi connectivity index (χ4n) is 3.89. The van der Waals surface area contributed by atoms with Crippen molar-refractivity contribution < 1.29 is 18.7 Å². The molecule has 2 heterocycles. The average molecular weight is 349 g/mol. The van der Waals surface area contributed by atoms with Crippen molar-refractivity contribution in [3.05, 3.63) is 35.4 Å². The lowest BCUT2D eigenvalue weighted by molar-refractivity contribution is -0.0397. The molecule has 4 nitrogen and oxygen atoms in total. The van der Waals surface area contributed by atoms with Gasteiger partial charge in [-0.25, -0.2) is 9.18 Å². The average Bonchev–Trinajstić information content (AvgIpc) is 2.83. The molecule has 2 aliphatic rings. The van der Waals surface area contributed by atoms with Gasteiger partial charge in [-0.15, -0.1) is 0 Å². The molecular formula is C20H28FNO3. The molecule has 0 spiro atoms. The van der Waals surface area contributed by atoms with E-state index in [9.17, 15) is 9.18 Å². The Balaban J connectivity index is 1.55. The first kappa shape index (κ1) is 18.2. The molecule has 3 atom stereocenters. The van der Waals surface area contributed by atoms with Gasteiger partial charge in [-0.3, -0.25) is 0 Å². The summed E-state index contributed by atoms with van der Waals surface area (Å²) < 4.78 is 24.4. The first-order valence-electron chi connectivity index (χ1n) is 9.12. The highest BCUT2D eigenvalue weighted by Gasteiger charge is 2.45. The fourth-order valence-corrected chi connectivity index (χ4v) is 3.89. The number of carbonyl (C=O) groups is 1. The van der Waals surface area contributed by atoms with Crippen molar-refractivity contribution in [2.45, 2.75) is 83.5 Å². The van der Waals surface area contributed by atoms with Gasteiger partial charge in [-0.1, -0.05) is 24.3 Å². The van der Waals surface area contributed by atoms with Gasteiger partial charge in [0.1, 0.15) is 12.3 Å². The topological polar surface area (TPSA) is 38.8 Å². The molecule has 0 aromatic heterocycles. The van der Waals surface area contributed by atoms with Crippen LogP contribution < -0.4 is 0 Å². The number of hydrogen-bond acceptors (Lipinski definition) is 3. The zero-order valence-electron chi connectivity index (χ0n) is 15.3. The molecule has 0 radical (unpaired) electrons. The van der Waals surface area contributed by atoms with E-state index in [1.165, 1.54) is 0 Å². The Kier molecular flexibility index (Phi) is 5.32. The standard InChI is InChI=1S/C20H28FNO3/c1-20(2,3)25-19(23)22-16-7-8-17(22)11-18(10-16)24-13-15-6-4-5-14(9-15)12-21/h4-6,9,16-18H,7-8,10-13H2,1-3H3/t16-,17+,18+. The van der Waals surface area contributed by atoms with Crippen LogP contribution in [0.15, 0.2) is 24.3 Å². The van der Waals surface area contributed by atoms with Crippen molar-refractivity contribution >= 4 is 6.09 Å². The molecule has 2 aliphatic heterocycles. The molecule has 0 N–H and O–H groups in total. The van der Waals surface area contributed by atoms with E-state index in [4.69, 9.17) is 9.47 Å². The Morgan fingerprint density at radius 3 is 2.44 bits per heavy atom. The van der Waals surface area contributed by atoms with Gasteiger partial charge in [0, 0.05) is 12.1 Å². The van der Waals surface area contributed by atoms with E-state index in [2.05, 4.69) is 0 Å². The Bertz CT molecular complexity index is 599. The monoisotopic (exact) mass is 349 g/mol. The second-order valence-corrected chi connectivity index (χ2v) is 8.13. The minimum Gasteiger partial charge on any atom is -0.444 e. The summed E-state index contributed by atoms with van der Waals surface area (Å²) in [5, 5.41) is 0. The van der Waals surface area contributed by atoms with Gasteiger partial charge in [0.25, 0.3) is 0 Å². The third-order valence-corrected chi connectivity index (χ3v) is 4.93. The Hall–Kier alpha value is -1.62. The number of hydrogen-bond donors (Lipinski definition) is 0. The molecule has 3 rings (SSSR count). The molecule has 138 valence electrons. The zero-order chi connectivity index (χ0) is 18.0. The number of rotatable bonds is 4. The number of alkyl halides is 1. The van der Waals surface area contributed by atoms with Crippen molar-refractivity contribution in [2.24, 2.45) is 0 Å². The minimum absolute atomic E-state index is 0.144. The molecule has 1 aromatic carbocycles. The van der Waals surface area contributed by atoms with E-state index in [0.29, 0.717) is 12.2 Å². The highest BCUT2D eigenvalue weighted by atomic mass is 19.1. The minimum atomic E-state index is -0.467. The number of ether oxygens (including phenoxy) is 2. The van der Waals surface area contributed by atoms with Crippen LogP contribution >= 0.6 is 0 Å². The number of amides is 1. The van der Waals surface area contributed by atoms with Crippen LogP contribution in [-0.2, 0) is 22.8 Å². The SMILES string of the molecule is CC(C)(C)OC(=O)N1[C@@H]2CC[C@H]1C[C@@H](OCc1cccc(CF)c1)C2. The lowest BCUT2D eigenvalue weighted by atomic mass is 10.00. The first-order chi connectivity index (χ1) is 11.9. The number of nitrogens with zero attached hydrogens (tertiary/aromatic N) is 1. The zero-order valence-corrected chi connectivity index (χ0v) is 15.3. The molecule has 1 amide bonds. The summed E-state index contributed by atoms with van der Waals surface area (Å²) >= 11 is 0. The van der Waals surface area contributed by atoms with Crippen LogP contribution in [0, 0.1) is 0 Å². The van der Waals surface area contributed by atoms with Gasteiger partial charge >= 0.3 is 6.09 Å². The van der Waals surface area contributed by atoms with Crippen LogP contribution in [0.25, 0.3) is 0 Å². The van der Waals surface area contributed by atoms with Gasteiger partial charge in [0.05, 0.1) is 12.7 Å². The molecule has 0 unspecified atom stereocenters. The van der Waals surface area contributed by atoms with E-state index >= 15 is 0 Å². The Morgan fingerprint density at radius 1 is 1.20 bits per heavy atom. The van der Waals surface area contributed by atoms with Crippen LogP contribution in [0.5, 0.6) is 0 Å². The Labute approximate surface area is 149 Å². The van der Waals surface area contributed by atoms with Crippen LogP contribution in [-0.4, -0.2) is 34.8 Å². The van der Waals surface area contributed by atoms with Crippen molar-refractivity contribution in [2.75, 3.05) is 0 Å². The smallest absolute Gasteiger partial charge is 0.410 e. The van der Waals surface area contributed by atoms with E-state index in [1.807, 2.05) is 43.9 Å². The second kappa shape index (κ2) is 7.32. The van der Waals surface area contributed by atoms with Crippen LogP contribution in [0.4, 0.5) is 9.18 Å². The van der Waals surface area contributed by atoms with Gasteiger partial charge in [-0.2, -0.15) is 0 Å². The molecule has 1 aromatic rings. The van der Waals surface area contributed by atoms with E-state index in [-0.39, 0.29) is 24.3 Å². The number of fused-ring (bicyclic) bond motifs is 2. The number of halogens is 1. The third-order valence-electron chi connectivity index (χ3n) is 4.93. The summed E-state index contributed by atoms with van der Waals surface area (Å²) in [6.45, 7) is 5.73. The largest absolute Gasteiger partial charge is 0.444 e. The second-order valence-electron chi connectivity index (χ2n) is 8.13. The summed E-state index contributed by atoms with van der Waals surface area (Å²) in [6.07, 6.45) is 3.67. The van der Waals surface area contributed by atoms with Crippen LogP contribution in [0.1, 0.15) is 57.6 Å². The summed E-state index contributed by atoms with van der Waals surface area (Å²) in [7, 11) is 0. The normalized spacial score (nSPS) is 25.9. The highest BCUT2D eigenvalue weighted by Crippen LogP contribution is 2.38. The molecule has 5 heteroatoms. The Morgan fingerprint density at radius 2 is 1.84 bits per heavy atom. The maximum atomic E-state index is 12.8. The van der Waals surface area contributed by atoms with Crippen LogP contribution in [0.3, 0.4) is 0 Å². The molecule has 0 aliphatic carbocycles. The highest BCUT2D eigenvalue weighted by molar-refractivity contribution is 5.69. The van der Waals surface area contributed by atoms with Gasteiger partial charge in [-0.05, 0) is 57.6 Å². The summed E-state index contributed by atoms with van der Waals surface area (Å²) in [5.41, 5.74) is 1.21. The van der Waals surface area contributed by atoms with Crippen molar-refractivity contribution in [3.8, 4) is 0 Å². The number of piperidine rings is 1. The molecule has 2 saturated heterocycles. The lowest BCUT2D eigenvalue weighted by Crippen LogP contribution is -2.50. The van der Waals surface area contributed by atoms with Crippen molar-refractivity contribution in [1.29, 1.82) is 0 Å². The maximum absolute atomic E-state index is 12.8. The van der Waals surface area contributed by atoms with E-state index in [1.54, 1.807) is 6.07 Å². The fraction of sp³-hybridized carbons (Fsp3) is 0.650. The molecule has 2 bridgehead atoms. The lowest BCUT2D eigenvalue weighted by Gasteiger charge is -2.39. The van der Waals surface area contributed by atoms with Gasteiger partial charge in [0.15, 0.2) is 0 Å². The summed E-state index contributed by atoms with van der Waals surface area (Å²) in [4.78, 5) is 14.4. The molecule has 2 fully saturated rings. The van der Waals surface area contributed by atoms with Gasteiger partial charge in [0.2, 0.25) is 0 Å². The van der Waals surface area contributed by atoms with Gasteiger partial charge < -0.3 is 14.4 Å². The molecule has 0 saturated carbocycles. The van der Waals surface area contributed by atoms with E-state index in [0.717, 1.165) is 31.2 Å². The first-order valence-corrected chi connectivity index (χ1v) is 9.12. The summed E-state index contributed by atoms with van der Waals surface area (Å²) in [5.74, 6) is 0. The van der Waals surface area contributed by atoms with Crippen molar-refractivity contribution in [1.82, 2.24) is 4.90 Å². The molecule has 25 heavy (non-hydrogen) atoms. The molecular weight excluding hydrogens is 321 g/mol. The van der Waals surface area contributed by atoms with E-state index < -0.39 is 12.3 Å². The predicted molar refractivity (Wildman–Crippen MR) is 93.9 cm³/mol. The summed E-state index contributed by atoms with van der Waals surface area (Å²) in [6, 6.07) is 7.87. The predicted octanol–water partition coefficient (Wildman–Crippen LogP) is 4.60. The van der Waals surface area contributed by atoms with Crippen molar-refractivity contribution in [3.63, 3.8) is 0 Å². The number of benzene rings is 1. The maximum Gasteiger partial charge on any atom is 0.410 e.